The van der Waals surface area contributed by atoms with Gasteiger partial charge in [-0.05, 0) is 26.3 Å². The number of hydrogen-bond acceptors (Lipinski definition) is 4. The number of hydrogen-bond donors (Lipinski definition) is 3. The molecule has 0 aromatic heterocycles. The molecule has 18 heavy (non-hydrogen) atoms. The van der Waals surface area contributed by atoms with Gasteiger partial charge in [0.05, 0.1) is 12.6 Å². The topological polar surface area (TPSA) is 95.7 Å². The van der Waals surface area contributed by atoms with Crippen LogP contribution in [-0.4, -0.2) is 53.1 Å². The average Bonchev–Trinajstić information content (AvgIpc) is 2.80. The van der Waals surface area contributed by atoms with Gasteiger partial charge in [-0.2, -0.15) is 0 Å². The number of carbonyl (C=O) groups is 2. The quantitative estimate of drug-likeness (QED) is 0.625. The lowest BCUT2D eigenvalue weighted by molar-refractivity contribution is -0.147. The number of carboxylic acids is 1. The number of nitrogens with two attached hydrogens (primary N) is 1. The average molecular weight is 255 g/mol. The van der Waals surface area contributed by atoms with Gasteiger partial charge >= 0.3 is 5.97 Å². The van der Waals surface area contributed by atoms with Gasteiger partial charge in [0.15, 0.2) is 0 Å². The third-order valence-corrected chi connectivity index (χ3v) is 4.60. The van der Waals surface area contributed by atoms with Gasteiger partial charge in [0, 0.05) is 12.0 Å². The van der Waals surface area contributed by atoms with E-state index < -0.39 is 17.6 Å². The number of nitrogens with zero attached hydrogens (tertiary/aromatic N) is 1. The van der Waals surface area contributed by atoms with Crippen LogP contribution in [0.5, 0.6) is 0 Å². The Morgan fingerprint density at radius 1 is 1.50 bits per heavy atom. The second kappa shape index (κ2) is 4.20. The number of nitrogens with one attached hydrogen (secondary N) is 1. The number of aliphatic carboxylic acids is 1. The van der Waals surface area contributed by atoms with Crippen molar-refractivity contribution in [1.29, 1.82) is 0 Å². The molecular formula is C12H21N3O3. The second-order valence-electron chi connectivity index (χ2n) is 5.50. The van der Waals surface area contributed by atoms with E-state index in [1.165, 1.54) is 0 Å². The summed E-state index contributed by atoms with van der Waals surface area (Å²) in [6.07, 6.45) is 1.54. The molecule has 1 amide bonds. The number of amides is 1. The van der Waals surface area contributed by atoms with E-state index in [-0.39, 0.29) is 17.9 Å². The van der Waals surface area contributed by atoms with Crippen molar-refractivity contribution in [2.45, 2.75) is 38.3 Å². The zero-order valence-electron chi connectivity index (χ0n) is 10.9. The highest BCUT2D eigenvalue weighted by molar-refractivity contribution is 5.87. The Bertz CT molecular complexity index is 385. The van der Waals surface area contributed by atoms with Gasteiger partial charge in [-0.3, -0.25) is 14.9 Å². The third kappa shape index (κ3) is 1.55. The lowest BCUT2D eigenvalue weighted by Gasteiger charge is -2.34. The number of carbonyl (C=O) groups excluding carboxylic acids is 1. The van der Waals surface area contributed by atoms with Gasteiger partial charge in [0.1, 0.15) is 5.54 Å². The lowest BCUT2D eigenvalue weighted by atomic mass is 9.71. The number of fused-ring (bicyclic) bond motifs is 1. The molecule has 0 aromatic carbocycles. The molecule has 3 atom stereocenters. The first-order chi connectivity index (χ1) is 8.38. The normalized spacial score (nSPS) is 36.5. The Morgan fingerprint density at radius 3 is 2.61 bits per heavy atom. The van der Waals surface area contributed by atoms with E-state index in [4.69, 9.17) is 5.73 Å². The zero-order chi connectivity index (χ0) is 13.6. The van der Waals surface area contributed by atoms with Crippen molar-refractivity contribution < 1.29 is 14.7 Å². The molecule has 2 heterocycles. The minimum atomic E-state index is -0.994. The van der Waals surface area contributed by atoms with Crippen LogP contribution in [0.4, 0.5) is 0 Å². The molecule has 1 unspecified atom stereocenters. The van der Waals surface area contributed by atoms with E-state index in [1.54, 1.807) is 11.8 Å². The van der Waals surface area contributed by atoms with Crippen LogP contribution >= 0.6 is 0 Å². The van der Waals surface area contributed by atoms with Gasteiger partial charge in [0.25, 0.3) is 0 Å². The molecule has 0 aliphatic carbocycles. The Balaban J connectivity index is 2.33. The van der Waals surface area contributed by atoms with Crippen LogP contribution in [0.2, 0.25) is 0 Å². The fraction of sp³-hybridized carbons (Fsp3) is 0.833. The van der Waals surface area contributed by atoms with E-state index >= 15 is 0 Å². The van der Waals surface area contributed by atoms with E-state index in [1.807, 2.05) is 6.92 Å². The summed E-state index contributed by atoms with van der Waals surface area (Å²) in [6.45, 7) is 5.03. The summed E-state index contributed by atoms with van der Waals surface area (Å²) < 4.78 is 0. The van der Waals surface area contributed by atoms with E-state index in [0.29, 0.717) is 13.1 Å². The van der Waals surface area contributed by atoms with Gasteiger partial charge in [-0.25, -0.2) is 0 Å². The molecule has 2 aliphatic rings. The smallest absolute Gasteiger partial charge is 0.326 e. The van der Waals surface area contributed by atoms with Crippen molar-refractivity contribution in [3.63, 3.8) is 0 Å². The lowest BCUT2D eigenvalue weighted by Crippen LogP contribution is -2.58. The van der Waals surface area contributed by atoms with Crippen LogP contribution in [0.15, 0.2) is 0 Å². The molecule has 102 valence electrons. The fourth-order valence-electron chi connectivity index (χ4n) is 3.47. The van der Waals surface area contributed by atoms with E-state index in [2.05, 4.69) is 5.32 Å². The SMILES string of the molecule is CC[C@]12CCN[C@@]1(C(=O)O)CN(C(=O)C(C)N)C2. The minimum absolute atomic E-state index is 0.167. The maximum absolute atomic E-state index is 12.0. The molecule has 2 rings (SSSR count). The summed E-state index contributed by atoms with van der Waals surface area (Å²) in [7, 11) is 0. The Hall–Kier alpha value is -1.14. The third-order valence-electron chi connectivity index (χ3n) is 4.60. The number of carboxylic acid groups (broad SMARTS) is 1. The molecule has 2 saturated heterocycles. The second-order valence-corrected chi connectivity index (χ2v) is 5.50. The monoisotopic (exact) mass is 255 g/mol. The molecule has 0 aromatic rings. The summed E-state index contributed by atoms with van der Waals surface area (Å²) in [5.41, 5.74) is 4.26. The van der Waals surface area contributed by atoms with Crippen LogP contribution in [0.3, 0.4) is 0 Å². The van der Waals surface area contributed by atoms with Gasteiger partial charge in [0.2, 0.25) is 5.91 Å². The van der Waals surface area contributed by atoms with Crippen LogP contribution in [-0.2, 0) is 9.59 Å². The zero-order valence-corrected chi connectivity index (χ0v) is 10.9. The highest BCUT2D eigenvalue weighted by Crippen LogP contribution is 2.48. The molecule has 0 radical (unpaired) electrons. The first-order valence-electron chi connectivity index (χ1n) is 6.41. The number of rotatable bonds is 3. The van der Waals surface area contributed by atoms with Gasteiger partial charge in [-0.15, -0.1) is 0 Å². The van der Waals surface area contributed by atoms with Crippen molar-refractivity contribution in [3.05, 3.63) is 0 Å². The Kier molecular flexibility index (Phi) is 3.11. The van der Waals surface area contributed by atoms with E-state index in [9.17, 15) is 14.7 Å². The standard InChI is InChI=1S/C12H21N3O3/c1-3-11-4-5-14-12(11,10(17)18)7-15(6-11)9(16)8(2)13/h8,14H,3-7,13H2,1-2H3,(H,17,18)/t8?,11-,12-/m1/s1. The van der Waals surface area contributed by atoms with Crippen LogP contribution in [0.1, 0.15) is 26.7 Å². The molecule has 6 heteroatoms. The van der Waals surface area contributed by atoms with Crippen molar-refractivity contribution in [2.75, 3.05) is 19.6 Å². The molecule has 6 nitrogen and oxygen atoms in total. The minimum Gasteiger partial charge on any atom is -0.480 e. The summed E-state index contributed by atoms with van der Waals surface area (Å²) in [5, 5.41) is 12.7. The van der Waals surface area contributed by atoms with Gasteiger partial charge in [-0.1, -0.05) is 6.92 Å². The largest absolute Gasteiger partial charge is 0.480 e. The Morgan fingerprint density at radius 2 is 2.17 bits per heavy atom. The molecular weight excluding hydrogens is 234 g/mol. The van der Waals surface area contributed by atoms with Crippen molar-refractivity contribution in [2.24, 2.45) is 11.1 Å². The molecule has 0 spiro atoms. The summed E-state index contributed by atoms with van der Waals surface area (Å²) in [4.78, 5) is 25.3. The predicted octanol–water partition coefficient (Wildman–Crippen LogP) is -0.611. The highest BCUT2D eigenvalue weighted by Gasteiger charge is 2.64. The van der Waals surface area contributed by atoms with E-state index in [0.717, 1.165) is 12.8 Å². The summed E-state index contributed by atoms with van der Waals surface area (Å²) in [6, 6.07) is -0.580. The molecule has 2 fully saturated rings. The first-order valence-corrected chi connectivity index (χ1v) is 6.41. The summed E-state index contributed by atoms with van der Waals surface area (Å²) in [5.74, 6) is -1.03. The Labute approximate surface area is 107 Å². The molecule has 0 bridgehead atoms. The summed E-state index contributed by atoms with van der Waals surface area (Å²) >= 11 is 0. The molecule has 0 saturated carbocycles. The molecule has 2 aliphatic heterocycles. The van der Waals surface area contributed by atoms with Crippen LogP contribution < -0.4 is 11.1 Å². The highest BCUT2D eigenvalue weighted by atomic mass is 16.4. The van der Waals surface area contributed by atoms with Crippen molar-refractivity contribution in [1.82, 2.24) is 10.2 Å². The predicted molar refractivity (Wildman–Crippen MR) is 65.9 cm³/mol. The maximum atomic E-state index is 12.0. The van der Waals surface area contributed by atoms with Crippen LogP contribution in [0, 0.1) is 5.41 Å². The number of likely N-dealkylation sites (tertiary alicyclic amines) is 1. The first kappa shape index (κ1) is 13.3. The maximum Gasteiger partial charge on any atom is 0.326 e. The molecule has 4 N–H and O–H groups in total. The van der Waals surface area contributed by atoms with Gasteiger partial charge < -0.3 is 15.7 Å². The van der Waals surface area contributed by atoms with Crippen molar-refractivity contribution in [3.8, 4) is 0 Å². The fourth-order valence-corrected chi connectivity index (χ4v) is 3.47. The van der Waals surface area contributed by atoms with Crippen LogP contribution in [0.25, 0.3) is 0 Å². The van der Waals surface area contributed by atoms with Crippen molar-refractivity contribution >= 4 is 11.9 Å².